The zero-order valence-electron chi connectivity index (χ0n) is 26.1. The van der Waals surface area contributed by atoms with Gasteiger partial charge in [0.15, 0.2) is 5.78 Å². The first-order valence-electron chi connectivity index (χ1n) is 14.4. The van der Waals surface area contributed by atoms with Crippen molar-refractivity contribution in [2.45, 2.75) is 79.6 Å². The fourth-order valence-corrected chi connectivity index (χ4v) is 7.19. The van der Waals surface area contributed by atoms with Crippen LogP contribution in [0.4, 0.5) is 26.3 Å². The Morgan fingerprint density at radius 2 is 1.28 bits per heavy atom. The van der Waals surface area contributed by atoms with E-state index in [0.29, 0.717) is 0 Å². The van der Waals surface area contributed by atoms with Gasteiger partial charge in [-0.2, -0.15) is 26.3 Å². The van der Waals surface area contributed by atoms with Crippen LogP contribution in [0.2, 0.25) is 0 Å². The maximum absolute atomic E-state index is 13.2. The van der Waals surface area contributed by atoms with Crippen molar-refractivity contribution in [2.75, 3.05) is 0 Å². The van der Waals surface area contributed by atoms with Crippen LogP contribution >= 0.6 is 22.7 Å². The fourth-order valence-electron chi connectivity index (χ4n) is 5.17. The first kappa shape index (κ1) is 39.6. The van der Waals surface area contributed by atoms with Crippen molar-refractivity contribution >= 4 is 38.1 Å². The van der Waals surface area contributed by atoms with Gasteiger partial charge >= 0.3 is 12.4 Å². The van der Waals surface area contributed by atoms with Crippen LogP contribution in [-0.2, 0) is 24.9 Å². The molecule has 0 bridgehead atoms. The van der Waals surface area contributed by atoms with Crippen molar-refractivity contribution in [1.82, 2.24) is 9.97 Å². The van der Waals surface area contributed by atoms with Crippen molar-refractivity contribution in [1.29, 1.82) is 0 Å². The third-order valence-electron chi connectivity index (χ3n) is 8.10. The number of hydrogen-bond donors (Lipinski definition) is 1. The Balaban J connectivity index is 0.000000313. The largest absolute Gasteiger partial charge is 0.511 e. The summed E-state index contributed by atoms with van der Waals surface area (Å²) in [6.07, 6.45) is -12.1. The number of nitrogens with zero attached hydrogens (tertiary/aromatic N) is 2. The number of aliphatic hydroxyl groups is 1. The van der Waals surface area contributed by atoms with Gasteiger partial charge in [0.2, 0.25) is 0 Å². The molecule has 253 valence electrons. The Labute approximate surface area is 286 Å². The van der Waals surface area contributed by atoms with Crippen LogP contribution < -0.4 is 0 Å². The van der Waals surface area contributed by atoms with Crippen molar-refractivity contribution in [3.8, 4) is 21.1 Å². The molecule has 0 aliphatic carbocycles. The second-order valence-electron chi connectivity index (χ2n) is 10.7. The third-order valence-corrected chi connectivity index (χ3v) is 10.2. The van der Waals surface area contributed by atoms with Gasteiger partial charge < -0.3 is 5.11 Å². The van der Waals surface area contributed by atoms with E-state index in [0.717, 1.165) is 64.1 Å². The van der Waals surface area contributed by atoms with Crippen molar-refractivity contribution in [3.05, 3.63) is 71.5 Å². The molecule has 0 atom stereocenters. The Kier molecular flexibility index (Phi) is 13.4. The molecule has 0 fully saturated rings. The monoisotopic (exact) mass is 862 g/mol. The van der Waals surface area contributed by atoms with E-state index in [4.69, 9.17) is 9.97 Å². The number of allylic oxidation sites excluding steroid dienone is 2. The van der Waals surface area contributed by atoms with Crippen LogP contribution in [0.25, 0.3) is 30.8 Å². The molecule has 4 aromatic rings. The smallest absolute Gasteiger partial charge is 0.401 e. The third kappa shape index (κ3) is 8.09. The first-order chi connectivity index (χ1) is 21.0. The number of aryl methyl sites for hydroxylation is 2. The summed E-state index contributed by atoms with van der Waals surface area (Å²) in [5.41, 5.74) is -0.915. The summed E-state index contributed by atoms with van der Waals surface area (Å²) >= 11 is 3.29. The standard InChI is InChI=1S/C18H13N2S2.C15H22F6O2.Ir/c1-11-8-12(2)10-14(9-11)16-20-18-17(22-16)19-15(21-18)13-6-4-3-5-7-13;1-5-12(6-2,14(16,17)18)10(22)9-11(23)13(7-3,8-4)15(19,20)21;/h3-9H,1-2H3;9,22H,5-8H2,1-4H3;/q-1;;/b;10-9-;. The molecular weight excluding hydrogens is 827 g/mol. The van der Waals surface area contributed by atoms with Crippen LogP contribution in [0, 0.1) is 30.7 Å². The van der Waals surface area contributed by atoms with Crippen molar-refractivity contribution in [2.24, 2.45) is 10.8 Å². The Morgan fingerprint density at radius 1 is 0.804 bits per heavy atom. The second-order valence-corrected chi connectivity index (χ2v) is 12.7. The summed E-state index contributed by atoms with van der Waals surface area (Å²) in [7, 11) is 0. The van der Waals surface area contributed by atoms with Crippen LogP contribution in [0.5, 0.6) is 0 Å². The van der Waals surface area contributed by atoms with Crippen LogP contribution in [0.3, 0.4) is 0 Å². The Morgan fingerprint density at radius 3 is 1.74 bits per heavy atom. The molecule has 0 saturated heterocycles. The molecule has 46 heavy (non-hydrogen) atoms. The van der Waals surface area contributed by atoms with E-state index in [-0.39, 0.29) is 26.2 Å². The summed E-state index contributed by atoms with van der Waals surface area (Å²) < 4.78 is 79.4. The number of halogens is 6. The summed E-state index contributed by atoms with van der Waals surface area (Å²) in [6.45, 7) is 8.75. The van der Waals surface area contributed by atoms with Crippen LogP contribution in [-0.4, -0.2) is 33.2 Å². The summed E-state index contributed by atoms with van der Waals surface area (Å²) in [4.78, 5) is 23.6. The number of ketones is 1. The Hall–Kier alpha value is -2.60. The van der Waals surface area contributed by atoms with Gasteiger partial charge in [-0.3, -0.25) is 9.78 Å². The van der Waals surface area contributed by atoms with Crippen LogP contribution in [0.15, 0.2) is 54.3 Å². The van der Waals surface area contributed by atoms with Crippen LogP contribution in [0.1, 0.15) is 64.5 Å². The van der Waals surface area contributed by atoms with E-state index >= 15 is 0 Å². The number of fused-ring (bicyclic) bond motifs is 1. The van der Waals surface area contributed by atoms with Crippen molar-refractivity contribution in [3.63, 3.8) is 0 Å². The van der Waals surface area contributed by atoms with Gasteiger partial charge in [-0.25, -0.2) is 4.98 Å². The number of benzene rings is 2. The SMILES string of the molecule is CCC(CC)(C(=O)/C=C(\O)C(CC)(CC)C(F)(F)F)C(F)(F)F.Cc1[c-]c(-c2nc3sc(-c4ccccc4)nc3s2)cc(C)c1.[Ir]. The van der Waals surface area contributed by atoms with Gasteiger partial charge in [0.05, 0.1) is 0 Å². The van der Waals surface area contributed by atoms with Gasteiger partial charge in [-0.05, 0) is 25.7 Å². The van der Waals surface area contributed by atoms with Gasteiger partial charge in [0, 0.05) is 36.8 Å². The molecule has 0 aliphatic rings. The number of aliphatic hydroxyl groups excluding tert-OH is 1. The number of carbonyl (C=O) groups excluding carboxylic acids is 1. The normalized spacial score (nSPS) is 12.8. The molecule has 0 saturated carbocycles. The predicted octanol–water partition coefficient (Wildman–Crippen LogP) is 11.2. The second kappa shape index (κ2) is 15.5. The van der Waals surface area contributed by atoms with E-state index in [2.05, 4.69) is 44.2 Å². The summed E-state index contributed by atoms with van der Waals surface area (Å²) in [5.74, 6) is -2.92. The molecule has 4 nitrogen and oxygen atoms in total. The maximum Gasteiger partial charge on any atom is 0.401 e. The molecule has 2 aromatic heterocycles. The zero-order valence-corrected chi connectivity index (χ0v) is 30.1. The molecule has 2 heterocycles. The van der Waals surface area contributed by atoms with Gasteiger partial charge in [-0.1, -0.05) is 83.2 Å². The average Bonchev–Trinajstić information content (AvgIpc) is 3.54. The topological polar surface area (TPSA) is 63.1 Å². The molecule has 1 N–H and O–H groups in total. The average molecular weight is 862 g/mol. The van der Waals surface area contributed by atoms with E-state index < -0.39 is 60.4 Å². The number of aromatic nitrogens is 2. The maximum atomic E-state index is 13.2. The van der Waals surface area contributed by atoms with E-state index in [1.807, 2.05) is 18.2 Å². The molecule has 0 unspecified atom stereocenters. The number of alkyl halides is 6. The van der Waals surface area contributed by atoms with Gasteiger partial charge in [0.1, 0.15) is 31.3 Å². The van der Waals surface area contributed by atoms with E-state index in [1.54, 1.807) is 22.7 Å². The fraction of sp³-hybridized carbons (Fsp3) is 0.424. The number of thiazole rings is 2. The molecule has 13 heteroatoms. The quantitative estimate of drug-likeness (QED) is 0.0788. The minimum atomic E-state index is -4.91. The van der Waals surface area contributed by atoms with E-state index in [1.165, 1.54) is 5.56 Å². The molecule has 1 radical (unpaired) electrons. The molecular formula is C33H35F6IrN2O2S2-. The Bertz CT molecular complexity index is 1590. The number of carbonyl (C=O) groups is 1. The molecule has 4 rings (SSSR count). The zero-order chi connectivity index (χ0) is 33.8. The molecule has 0 amide bonds. The molecule has 0 spiro atoms. The predicted molar refractivity (Wildman–Crippen MR) is 168 cm³/mol. The van der Waals surface area contributed by atoms with Crippen molar-refractivity contribution < 1.29 is 56.3 Å². The van der Waals surface area contributed by atoms with E-state index in [9.17, 15) is 36.2 Å². The van der Waals surface area contributed by atoms with Gasteiger partial charge in [-0.15, -0.1) is 46.2 Å². The number of hydrogen-bond acceptors (Lipinski definition) is 6. The minimum Gasteiger partial charge on any atom is -0.511 e. The number of rotatable bonds is 9. The summed E-state index contributed by atoms with van der Waals surface area (Å²) in [5, 5.41) is 11.9. The first-order valence-corrected chi connectivity index (χ1v) is 16.0. The minimum absolute atomic E-state index is 0. The summed E-state index contributed by atoms with van der Waals surface area (Å²) in [6, 6.07) is 17.9. The molecule has 2 aromatic carbocycles. The van der Waals surface area contributed by atoms with Gasteiger partial charge in [0.25, 0.3) is 0 Å². The molecule has 0 aliphatic heterocycles.